The molecule has 0 spiro atoms. The summed E-state index contributed by atoms with van der Waals surface area (Å²) in [5.41, 5.74) is 2.95. The highest BCUT2D eigenvalue weighted by atomic mass is 35.5. The number of hydrogen-bond acceptors (Lipinski definition) is 6. The van der Waals surface area contributed by atoms with E-state index in [-0.39, 0.29) is 17.2 Å². The van der Waals surface area contributed by atoms with Gasteiger partial charge in [-0.05, 0) is 60.6 Å². The summed E-state index contributed by atoms with van der Waals surface area (Å²) in [6.45, 7) is 2.06. The number of thioether (sulfide) groups is 1. The first-order chi connectivity index (χ1) is 15.4. The number of aryl methyl sites for hydroxylation is 1. The van der Waals surface area contributed by atoms with Crippen LogP contribution < -0.4 is 10.9 Å². The normalized spacial score (nSPS) is 11.1. The summed E-state index contributed by atoms with van der Waals surface area (Å²) < 4.78 is 4.20. The molecule has 0 saturated carbocycles. The highest BCUT2D eigenvalue weighted by Crippen LogP contribution is 2.26. The maximum Gasteiger partial charge on any atom is 0.273 e. The van der Waals surface area contributed by atoms with E-state index in [0.717, 1.165) is 23.4 Å². The zero-order valence-corrected chi connectivity index (χ0v) is 20.5. The van der Waals surface area contributed by atoms with E-state index >= 15 is 0 Å². The minimum atomic E-state index is -0.197. The Labute approximate surface area is 202 Å². The molecule has 0 atom stereocenters. The fraction of sp³-hybridized carbons (Fsp3) is 0.182. The van der Waals surface area contributed by atoms with Crippen LogP contribution >= 0.6 is 46.9 Å². The minimum absolute atomic E-state index is 0.119. The van der Waals surface area contributed by atoms with Gasteiger partial charge in [0.1, 0.15) is 4.70 Å². The highest BCUT2D eigenvalue weighted by Gasteiger charge is 2.17. The van der Waals surface area contributed by atoms with Crippen LogP contribution in [0.1, 0.15) is 12.5 Å². The largest absolute Gasteiger partial charge is 0.325 e. The van der Waals surface area contributed by atoms with E-state index in [4.69, 9.17) is 23.8 Å². The summed E-state index contributed by atoms with van der Waals surface area (Å²) in [4.78, 5) is 30.1. The third kappa shape index (κ3) is 4.66. The van der Waals surface area contributed by atoms with Crippen LogP contribution in [0, 0.1) is 3.95 Å². The van der Waals surface area contributed by atoms with Gasteiger partial charge in [-0.3, -0.25) is 18.7 Å². The number of benzene rings is 2. The number of hydrogen-bond donors (Lipinski definition) is 1. The molecule has 0 aliphatic carbocycles. The molecule has 0 saturated heterocycles. The van der Waals surface area contributed by atoms with Crippen LogP contribution in [-0.4, -0.2) is 25.8 Å². The van der Waals surface area contributed by atoms with Crippen molar-refractivity contribution in [3.05, 3.63) is 73.4 Å². The molecule has 0 bridgehead atoms. The van der Waals surface area contributed by atoms with Gasteiger partial charge in [-0.15, -0.1) is 0 Å². The van der Waals surface area contributed by atoms with Gasteiger partial charge in [0.05, 0.1) is 5.75 Å². The number of nitrogens with zero attached hydrogens (tertiary/aromatic N) is 3. The topological polar surface area (TPSA) is 68.9 Å². The van der Waals surface area contributed by atoms with Crippen molar-refractivity contribution in [3.8, 4) is 5.69 Å². The zero-order valence-electron chi connectivity index (χ0n) is 17.3. The fourth-order valence-electron chi connectivity index (χ4n) is 3.15. The third-order valence-corrected chi connectivity index (χ3v) is 7.44. The standard InChI is InChI=1S/C22H19ClN4O2S3/c1-3-13-5-4-6-15(11-13)24-17(28)12-31-21-25-19-18(20(29)26(21)2)32-22(30)27(19)16-9-7-14(23)8-10-16/h4-11H,3,12H2,1-2H3,(H,24,28). The predicted molar refractivity (Wildman–Crippen MR) is 135 cm³/mol. The maximum atomic E-state index is 12.9. The van der Waals surface area contributed by atoms with E-state index in [9.17, 15) is 9.59 Å². The Morgan fingerprint density at radius 1 is 1.25 bits per heavy atom. The molecule has 32 heavy (non-hydrogen) atoms. The van der Waals surface area contributed by atoms with Gasteiger partial charge in [-0.1, -0.05) is 53.8 Å². The maximum absolute atomic E-state index is 12.9. The summed E-state index contributed by atoms with van der Waals surface area (Å²) in [7, 11) is 1.65. The van der Waals surface area contributed by atoms with Gasteiger partial charge in [0.2, 0.25) is 5.91 Å². The van der Waals surface area contributed by atoms with Crippen LogP contribution in [-0.2, 0) is 18.3 Å². The summed E-state index contributed by atoms with van der Waals surface area (Å²) in [6, 6.07) is 14.9. The van der Waals surface area contributed by atoms with E-state index in [1.165, 1.54) is 27.7 Å². The Kier molecular flexibility index (Phi) is 6.80. The van der Waals surface area contributed by atoms with Crippen molar-refractivity contribution in [2.24, 2.45) is 7.05 Å². The molecule has 2 aromatic heterocycles. The van der Waals surface area contributed by atoms with E-state index in [1.54, 1.807) is 23.7 Å². The Bertz CT molecular complexity index is 1420. The Morgan fingerprint density at radius 3 is 2.72 bits per heavy atom. The smallest absolute Gasteiger partial charge is 0.273 e. The number of anilines is 1. The number of thiazole rings is 1. The lowest BCUT2D eigenvalue weighted by Crippen LogP contribution is -2.21. The monoisotopic (exact) mass is 502 g/mol. The first kappa shape index (κ1) is 22.7. The second-order valence-electron chi connectivity index (χ2n) is 6.98. The number of fused-ring (bicyclic) bond motifs is 1. The van der Waals surface area contributed by atoms with Crippen molar-refractivity contribution in [2.75, 3.05) is 11.1 Å². The number of amides is 1. The first-order valence-electron chi connectivity index (χ1n) is 9.77. The second kappa shape index (κ2) is 9.58. The third-order valence-electron chi connectivity index (χ3n) is 4.81. The number of nitrogens with one attached hydrogen (secondary N) is 1. The fourth-order valence-corrected chi connectivity index (χ4v) is 5.39. The van der Waals surface area contributed by atoms with Crippen LogP contribution in [0.3, 0.4) is 0 Å². The average Bonchev–Trinajstić information content (AvgIpc) is 3.12. The molecule has 164 valence electrons. The van der Waals surface area contributed by atoms with Gasteiger partial charge in [0, 0.05) is 23.4 Å². The lowest BCUT2D eigenvalue weighted by atomic mass is 10.1. The molecule has 0 fully saturated rings. The average molecular weight is 503 g/mol. The first-order valence-corrected chi connectivity index (χ1v) is 12.4. The molecule has 2 aromatic carbocycles. The van der Waals surface area contributed by atoms with Gasteiger partial charge in [0.25, 0.3) is 5.56 Å². The summed E-state index contributed by atoms with van der Waals surface area (Å²) >= 11 is 13.9. The molecule has 0 radical (unpaired) electrons. The molecule has 1 N–H and O–H groups in total. The Hall–Kier alpha value is -2.46. The molecule has 0 unspecified atom stereocenters. The number of carbonyl (C=O) groups is 1. The Morgan fingerprint density at radius 2 is 2.00 bits per heavy atom. The van der Waals surface area contributed by atoms with Crippen molar-refractivity contribution >= 4 is 68.9 Å². The molecular formula is C22H19ClN4O2S3. The number of rotatable bonds is 6. The van der Waals surface area contributed by atoms with Crippen molar-refractivity contribution in [1.29, 1.82) is 0 Å². The van der Waals surface area contributed by atoms with Crippen LogP contribution in [0.2, 0.25) is 5.02 Å². The van der Waals surface area contributed by atoms with Gasteiger partial charge in [-0.25, -0.2) is 4.98 Å². The molecule has 4 rings (SSSR count). The van der Waals surface area contributed by atoms with Crippen molar-refractivity contribution in [3.63, 3.8) is 0 Å². The highest BCUT2D eigenvalue weighted by molar-refractivity contribution is 7.99. The number of carbonyl (C=O) groups excluding carboxylic acids is 1. The van der Waals surface area contributed by atoms with Crippen LogP contribution in [0.25, 0.3) is 16.0 Å². The number of halogens is 1. The summed E-state index contributed by atoms with van der Waals surface area (Å²) in [5, 5.41) is 3.94. The molecule has 1 amide bonds. The predicted octanol–water partition coefficient (Wildman–Crippen LogP) is 5.46. The van der Waals surface area contributed by atoms with Gasteiger partial charge in [0.15, 0.2) is 14.8 Å². The van der Waals surface area contributed by atoms with Gasteiger partial charge in [-0.2, -0.15) is 0 Å². The molecule has 2 heterocycles. The summed E-state index contributed by atoms with van der Waals surface area (Å²) in [6.07, 6.45) is 0.892. The van der Waals surface area contributed by atoms with E-state index < -0.39 is 0 Å². The molecule has 0 aliphatic rings. The van der Waals surface area contributed by atoms with Crippen molar-refractivity contribution in [2.45, 2.75) is 18.5 Å². The molecule has 10 heteroatoms. The molecule has 6 nitrogen and oxygen atoms in total. The van der Waals surface area contributed by atoms with Gasteiger partial charge >= 0.3 is 0 Å². The van der Waals surface area contributed by atoms with Crippen LogP contribution in [0.5, 0.6) is 0 Å². The second-order valence-corrected chi connectivity index (χ2v) is 10.0. The Balaban J connectivity index is 1.62. The van der Waals surface area contributed by atoms with Crippen LogP contribution in [0.15, 0.2) is 58.5 Å². The minimum Gasteiger partial charge on any atom is -0.325 e. The quantitative estimate of drug-likeness (QED) is 0.215. The molecular weight excluding hydrogens is 484 g/mol. The molecule has 4 aromatic rings. The lowest BCUT2D eigenvalue weighted by Gasteiger charge is -2.10. The van der Waals surface area contributed by atoms with Crippen molar-refractivity contribution < 1.29 is 4.79 Å². The molecule has 0 aliphatic heterocycles. The van der Waals surface area contributed by atoms with Gasteiger partial charge < -0.3 is 5.32 Å². The van der Waals surface area contributed by atoms with E-state index in [0.29, 0.717) is 24.5 Å². The number of aromatic nitrogens is 3. The van der Waals surface area contributed by atoms with E-state index in [1.807, 2.05) is 36.4 Å². The van der Waals surface area contributed by atoms with Crippen LogP contribution in [0.4, 0.5) is 5.69 Å². The SMILES string of the molecule is CCc1cccc(NC(=O)CSc2nc3c(sc(=S)n3-c3ccc(Cl)cc3)c(=O)n2C)c1. The summed E-state index contributed by atoms with van der Waals surface area (Å²) in [5.74, 6) is -0.0500. The van der Waals surface area contributed by atoms with Crippen molar-refractivity contribution in [1.82, 2.24) is 14.1 Å². The zero-order chi connectivity index (χ0) is 22.8. The lowest BCUT2D eigenvalue weighted by molar-refractivity contribution is -0.113. The van der Waals surface area contributed by atoms with E-state index in [2.05, 4.69) is 17.2 Å².